The Morgan fingerprint density at radius 3 is 2.71 bits per heavy atom. The van der Waals surface area contributed by atoms with Crippen LogP contribution in [0.5, 0.6) is 0 Å². The van der Waals surface area contributed by atoms with E-state index in [1.165, 1.54) is 5.56 Å². The lowest BCUT2D eigenvalue weighted by molar-refractivity contribution is 0.733. The number of hydrogen-bond acceptors (Lipinski definition) is 3. The van der Waals surface area contributed by atoms with Gasteiger partial charge in [0.1, 0.15) is 0 Å². The van der Waals surface area contributed by atoms with E-state index in [1.807, 2.05) is 43.5 Å². The molecule has 0 bridgehead atoms. The maximum Gasteiger partial charge on any atom is 0.0642 e. The number of nitrogens with zero attached hydrogens (tertiary/aromatic N) is 2. The molecule has 1 aromatic carbocycles. The van der Waals surface area contributed by atoms with E-state index >= 15 is 0 Å². The molecule has 1 heterocycles. The molecular formula is C17H22ClN3. The quantitative estimate of drug-likeness (QED) is 0.890. The third kappa shape index (κ3) is 4.45. The zero-order valence-electron chi connectivity index (χ0n) is 12.6. The summed E-state index contributed by atoms with van der Waals surface area (Å²) in [4.78, 5) is 6.55. The van der Waals surface area contributed by atoms with Crippen LogP contribution in [0.25, 0.3) is 0 Å². The van der Waals surface area contributed by atoms with Gasteiger partial charge in [-0.15, -0.1) is 0 Å². The second-order valence-corrected chi connectivity index (χ2v) is 5.83. The smallest absolute Gasteiger partial charge is 0.0642 e. The van der Waals surface area contributed by atoms with Gasteiger partial charge in [0.2, 0.25) is 0 Å². The highest BCUT2D eigenvalue weighted by Crippen LogP contribution is 2.30. The van der Waals surface area contributed by atoms with E-state index in [1.54, 1.807) is 0 Å². The van der Waals surface area contributed by atoms with Crippen LogP contribution in [0.1, 0.15) is 18.2 Å². The molecule has 2 rings (SSSR count). The van der Waals surface area contributed by atoms with Gasteiger partial charge in [-0.3, -0.25) is 4.98 Å². The standard InChI is InChI=1S/C17H22ClN3/c1-13(19)12-14-6-5-8-16(18)17(14)21(2)11-9-15-7-3-4-10-20-15/h3-8,10,13H,9,11-12,19H2,1-2H3. The normalized spacial score (nSPS) is 12.2. The maximum atomic E-state index is 6.39. The van der Waals surface area contributed by atoms with Crippen LogP contribution < -0.4 is 10.6 Å². The van der Waals surface area contributed by atoms with Crippen LogP contribution in [0.2, 0.25) is 5.02 Å². The predicted octanol–water partition coefficient (Wildman–Crippen LogP) is 3.30. The topological polar surface area (TPSA) is 42.1 Å². The monoisotopic (exact) mass is 303 g/mol. The number of likely N-dealkylation sites (N-methyl/N-ethyl adjacent to an activating group) is 1. The third-order valence-corrected chi connectivity index (χ3v) is 3.73. The number of nitrogens with two attached hydrogens (primary N) is 1. The number of halogens is 1. The summed E-state index contributed by atoms with van der Waals surface area (Å²) in [5, 5.41) is 0.775. The number of benzene rings is 1. The zero-order valence-corrected chi connectivity index (χ0v) is 13.3. The van der Waals surface area contributed by atoms with Gasteiger partial charge in [0, 0.05) is 37.9 Å². The molecule has 112 valence electrons. The Kier molecular flexibility index (Phi) is 5.59. The lowest BCUT2D eigenvalue weighted by Gasteiger charge is -2.24. The van der Waals surface area contributed by atoms with Crippen molar-refractivity contribution in [2.75, 3.05) is 18.5 Å². The zero-order chi connectivity index (χ0) is 15.2. The fourth-order valence-electron chi connectivity index (χ4n) is 2.44. The molecule has 0 radical (unpaired) electrons. The summed E-state index contributed by atoms with van der Waals surface area (Å²) >= 11 is 6.39. The molecule has 2 N–H and O–H groups in total. The number of aromatic nitrogens is 1. The van der Waals surface area contributed by atoms with Crippen LogP contribution in [0.3, 0.4) is 0 Å². The van der Waals surface area contributed by atoms with Crippen molar-refractivity contribution in [3.05, 3.63) is 58.9 Å². The van der Waals surface area contributed by atoms with Crippen LogP contribution in [-0.2, 0) is 12.8 Å². The molecule has 0 aliphatic heterocycles. The Hall–Kier alpha value is -1.58. The Balaban J connectivity index is 2.12. The molecular weight excluding hydrogens is 282 g/mol. The van der Waals surface area contributed by atoms with Crippen LogP contribution in [0.4, 0.5) is 5.69 Å². The van der Waals surface area contributed by atoms with Gasteiger partial charge in [0.05, 0.1) is 10.7 Å². The van der Waals surface area contributed by atoms with E-state index < -0.39 is 0 Å². The van der Waals surface area contributed by atoms with Gasteiger partial charge in [-0.25, -0.2) is 0 Å². The molecule has 4 heteroatoms. The number of hydrogen-bond donors (Lipinski definition) is 1. The van der Waals surface area contributed by atoms with Crippen LogP contribution in [0, 0.1) is 0 Å². The molecule has 3 nitrogen and oxygen atoms in total. The van der Waals surface area contributed by atoms with Crippen molar-refractivity contribution in [2.24, 2.45) is 5.73 Å². The van der Waals surface area contributed by atoms with E-state index in [0.29, 0.717) is 0 Å². The molecule has 0 aliphatic rings. The van der Waals surface area contributed by atoms with E-state index in [0.717, 1.165) is 35.8 Å². The van der Waals surface area contributed by atoms with Gasteiger partial charge in [0.25, 0.3) is 0 Å². The second kappa shape index (κ2) is 7.43. The first-order chi connectivity index (χ1) is 10.1. The van der Waals surface area contributed by atoms with Crippen molar-refractivity contribution in [2.45, 2.75) is 25.8 Å². The average molecular weight is 304 g/mol. The van der Waals surface area contributed by atoms with E-state index in [9.17, 15) is 0 Å². The summed E-state index contributed by atoms with van der Waals surface area (Å²) in [6.45, 7) is 2.88. The number of rotatable bonds is 6. The largest absolute Gasteiger partial charge is 0.373 e. The molecule has 0 fully saturated rings. The van der Waals surface area contributed by atoms with Gasteiger partial charge in [-0.1, -0.05) is 29.8 Å². The summed E-state index contributed by atoms with van der Waals surface area (Å²) in [6.07, 6.45) is 3.54. The van der Waals surface area contributed by atoms with Crippen LogP contribution in [0.15, 0.2) is 42.6 Å². The molecule has 0 spiro atoms. The van der Waals surface area contributed by atoms with Gasteiger partial charge in [-0.05, 0) is 37.1 Å². The fourth-order valence-corrected chi connectivity index (χ4v) is 2.78. The minimum Gasteiger partial charge on any atom is -0.373 e. The van der Waals surface area contributed by atoms with Gasteiger partial charge >= 0.3 is 0 Å². The second-order valence-electron chi connectivity index (χ2n) is 5.42. The lowest BCUT2D eigenvalue weighted by Crippen LogP contribution is -2.25. The Morgan fingerprint density at radius 1 is 1.24 bits per heavy atom. The van der Waals surface area contributed by atoms with Crippen molar-refractivity contribution >= 4 is 17.3 Å². The summed E-state index contributed by atoms with van der Waals surface area (Å²) in [5.41, 5.74) is 9.30. The van der Waals surface area contributed by atoms with Crippen LogP contribution in [-0.4, -0.2) is 24.6 Å². The van der Waals surface area contributed by atoms with Gasteiger partial charge in [0.15, 0.2) is 0 Å². The van der Waals surface area contributed by atoms with Crippen molar-refractivity contribution in [1.29, 1.82) is 0 Å². The fraction of sp³-hybridized carbons (Fsp3) is 0.353. The SMILES string of the molecule is CC(N)Cc1cccc(Cl)c1N(C)CCc1ccccn1. The molecule has 1 aromatic heterocycles. The molecule has 1 atom stereocenters. The molecule has 0 saturated heterocycles. The summed E-state index contributed by atoms with van der Waals surface area (Å²) in [7, 11) is 2.06. The molecule has 21 heavy (non-hydrogen) atoms. The Bertz CT molecular complexity index is 570. The average Bonchev–Trinajstić information content (AvgIpc) is 2.45. The van der Waals surface area contributed by atoms with Gasteiger partial charge < -0.3 is 10.6 Å². The highest BCUT2D eigenvalue weighted by molar-refractivity contribution is 6.33. The Labute approximate surface area is 131 Å². The number of anilines is 1. The molecule has 0 saturated carbocycles. The first-order valence-corrected chi connectivity index (χ1v) is 7.59. The minimum absolute atomic E-state index is 0.117. The van der Waals surface area contributed by atoms with Crippen molar-refractivity contribution in [1.82, 2.24) is 4.98 Å². The molecule has 1 unspecified atom stereocenters. The summed E-state index contributed by atoms with van der Waals surface area (Å²) < 4.78 is 0. The highest BCUT2D eigenvalue weighted by Gasteiger charge is 2.13. The minimum atomic E-state index is 0.117. The lowest BCUT2D eigenvalue weighted by atomic mass is 10.0. The van der Waals surface area contributed by atoms with E-state index in [4.69, 9.17) is 17.3 Å². The predicted molar refractivity (Wildman–Crippen MR) is 90.0 cm³/mol. The molecule has 0 amide bonds. The molecule has 0 aliphatic carbocycles. The highest BCUT2D eigenvalue weighted by atomic mass is 35.5. The summed E-state index contributed by atoms with van der Waals surface area (Å²) in [5.74, 6) is 0. The van der Waals surface area contributed by atoms with Crippen molar-refractivity contribution in [3.8, 4) is 0 Å². The maximum absolute atomic E-state index is 6.39. The van der Waals surface area contributed by atoms with E-state index in [2.05, 4.69) is 23.0 Å². The number of para-hydroxylation sites is 1. The third-order valence-electron chi connectivity index (χ3n) is 3.42. The van der Waals surface area contributed by atoms with E-state index in [-0.39, 0.29) is 6.04 Å². The van der Waals surface area contributed by atoms with Gasteiger partial charge in [-0.2, -0.15) is 0 Å². The van der Waals surface area contributed by atoms with Crippen LogP contribution >= 0.6 is 11.6 Å². The van der Waals surface area contributed by atoms with Crippen molar-refractivity contribution < 1.29 is 0 Å². The number of pyridine rings is 1. The first-order valence-electron chi connectivity index (χ1n) is 7.22. The summed E-state index contributed by atoms with van der Waals surface area (Å²) in [6, 6.07) is 12.1. The van der Waals surface area contributed by atoms with Crippen molar-refractivity contribution in [3.63, 3.8) is 0 Å². The Morgan fingerprint density at radius 2 is 2.05 bits per heavy atom. The molecule has 2 aromatic rings. The first kappa shape index (κ1) is 15.8.